The molecule has 2 aromatic heterocycles. The van der Waals surface area contributed by atoms with E-state index in [9.17, 15) is 13.2 Å². The molecule has 0 amide bonds. The quantitative estimate of drug-likeness (QED) is 0.759. The lowest BCUT2D eigenvalue weighted by Crippen LogP contribution is -2.13. The summed E-state index contributed by atoms with van der Waals surface area (Å²) in [4.78, 5) is 7.51. The van der Waals surface area contributed by atoms with E-state index in [1.165, 1.54) is 0 Å². The maximum atomic E-state index is 12.9. The summed E-state index contributed by atoms with van der Waals surface area (Å²) in [5.41, 5.74) is 2.46. The third-order valence-electron chi connectivity index (χ3n) is 3.91. The first kappa shape index (κ1) is 18.0. The van der Waals surface area contributed by atoms with Gasteiger partial charge in [-0.15, -0.1) is 5.10 Å². The van der Waals surface area contributed by atoms with Crippen LogP contribution in [0.15, 0.2) is 24.3 Å². The van der Waals surface area contributed by atoms with Crippen LogP contribution in [-0.4, -0.2) is 26.7 Å². The van der Waals surface area contributed by atoms with Gasteiger partial charge in [0.25, 0.3) is 11.6 Å². The highest BCUT2D eigenvalue weighted by atomic mass is 19.4. The van der Waals surface area contributed by atoms with E-state index in [-0.39, 0.29) is 11.8 Å². The molecule has 0 aliphatic carbocycles. The zero-order chi connectivity index (χ0) is 19.1. The van der Waals surface area contributed by atoms with Crippen molar-refractivity contribution in [3.05, 3.63) is 46.9 Å². The van der Waals surface area contributed by atoms with E-state index < -0.39 is 12.0 Å². The molecule has 0 radical (unpaired) electrons. The second-order valence-electron chi connectivity index (χ2n) is 6.04. The second kappa shape index (κ2) is 6.47. The van der Waals surface area contributed by atoms with Gasteiger partial charge in [-0.1, -0.05) is 17.7 Å². The predicted molar refractivity (Wildman–Crippen MR) is 90.3 cm³/mol. The minimum absolute atomic E-state index is 0.108. The maximum absolute atomic E-state index is 12.9. The molecule has 6 nitrogen and oxygen atoms in total. The number of hydrogen-bond donors (Lipinski definition) is 1. The van der Waals surface area contributed by atoms with Crippen LogP contribution in [0.4, 0.5) is 19.0 Å². The van der Waals surface area contributed by atoms with Crippen LogP contribution in [0.1, 0.15) is 35.6 Å². The third-order valence-corrected chi connectivity index (χ3v) is 3.91. The maximum Gasteiger partial charge on any atom is 0.453 e. The molecular weight excluding hydrogens is 347 g/mol. The average molecular weight is 365 g/mol. The number of aromatic nitrogens is 4. The molecule has 1 N–H and O–H groups in total. The molecule has 138 valence electrons. The van der Waals surface area contributed by atoms with Crippen molar-refractivity contribution < 1.29 is 17.9 Å². The van der Waals surface area contributed by atoms with Crippen molar-refractivity contribution >= 4 is 11.6 Å². The lowest BCUT2D eigenvalue weighted by Gasteiger charge is -2.19. The fraction of sp³-hybridized carbons (Fsp3) is 0.353. The zero-order valence-corrected chi connectivity index (χ0v) is 14.7. The summed E-state index contributed by atoms with van der Waals surface area (Å²) in [6.07, 6.45) is -4.63. The normalized spacial score (nSPS) is 13.0. The van der Waals surface area contributed by atoms with Crippen LogP contribution in [0.25, 0.3) is 5.78 Å². The van der Waals surface area contributed by atoms with Crippen LogP contribution in [0.5, 0.6) is 5.75 Å². The van der Waals surface area contributed by atoms with Crippen molar-refractivity contribution in [2.45, 2.75) is 33.0 Å². The molecule has 9 heteroatoms. The first-order valence-corrected chi connectivity index (χ1v) is 7.91. The lowest BCUT2D eigenvalue weighted by atomic mass is 10.0. The van der Waals surface area contributed by atoms with Crippen molar-refractivity contribution in [1.82, 2.24) is 19.6 Å². The van der Waals surface area contributed by atoms with E-state index in [2.05, 4.69) is 20.4 Å². The van der Waals surface area contributed by atoms with Gasteiger partial charge in [0, 0.05) is 17.3 Å². The number of nitrogens with one attached hydrogen (secondary N) is 1. The Morgan fingerprint density at radius 2 is 1.88 bits per heavy atom. The summed E-state index contributed by atoms with van der Waals surface area (Å²) in [5.74, 6) is -0.276. The zero-order valence-electron chi connectivity index (χ0n) is 14.7. The number of hydrogen-bond acceptors (Lipinski definition) is 5. The molecule has 26 heavy (non-hydrogen) atoms. The van der Waals surface area contributed by atoms with E-state index in [4.69, 9.17) is 4.74 Å². The molecule has 0 spiro atoms. The standard InChI is InChI=1S/C17H18F3N5O/c1-9-5-6-13(26-4)12(7-9)11(3)22-14-8-10(2)21-16-23-15(17(18,19)20)24-25(14)16/h5-8,11,22H,1-4H3. The first-order chi connectivity index (χ1) is 12.2. The molecule has 0 fully saturated rings. The Balaban J connectivity index is 2.03. The molecule has 2 heterocycles. The highest BCUT2D eigenvalue weighted by Crippen LogP contribution is 2.30. The third kappa shape index (κ3) is 3.42. The van der Waals surface area contributed by atoms with Crippen LogP contribution in [-0.2, 0) is 6.18 Å². The number of halogens is 3. The van der Waals surface area contributed by atoms with Crippen LogP contribution in [0.2, 0.25) is 0 Å². The average Bonchev–Trinajstić information content (AvgIpc) is 2.99. The Hall–Kier alpha value is -2.84. The number of fused-ring (bicyclic) bond motifs is 1. The lowest BCUT2D eigenvalue weighted by molar-refractivity contribution is -0.144. The summed E-state index contributed by atoms with van der Waals surface area (Å²) in [7, 11) is 1.57. The molecule has 0 saturated carbocycles. The van der Waals surface area contributed by atoms with Gasteiger partial charge in [0.05, 0.1) is 13.2 Å². The van der Waals surface area contributed by atoms with Crippen molar-refractivity contribution in [3.63, 3.8) is 0 Å². The fourth-order valence-electron chi connectivity index (χ4n) is 2.70. The van der Waals surface area contributed by atoms with Crippen molar-refractivity contribution in [3.8, 4) is 5.75 Å². The minimum atomic E-state index is -4.63. The van der Waals surface area contributed by atoms with Crippen LogP contribution in [0.3, 0.4) is 0 Å². The molecular formula is C17H18F3N5O. The van der Waals surface area contributed by atoms with Gasteiger partial charge in [-0.25, -0.2) is 4.98 Å². The Kier molecular flexibility index (Phi) is 4.47. The van der Waals surface area contributed by atoms with E-state index in [0.29, 0.717) is 17.3 Å². The van der Waals surface area contributed by atoms with E-state index in [0.717, 1.165) is 15.6 Å². The molecule has 1 aromatic carbocycles. The number of nitrogens with zero attached hydrogens (tertiary/aromatic N) is 4. The first-order valence-electron chi connectivity index (χ1n) is 7.91. The number of alkyl halides is 3. The van der Waals surface area contributed by atoms with E-state index in [1.54, 1.807) is 20.1 Å². The van der Waals surface area contributed by atoms with Crippen LogP contribution in [0, 0.1) is 13.8 Å². The van der Waals surface area contributed by atoms with E-state index >= 15 is 0 Å². The van der Waals surface area contributed by atoms with Gasteiger partial charge < -0.3 is 10.1 Å². The van der Waals surface area contributed by atoms with Gasteiger partial charge in [-0.2, -0.15) is 22.7 Å². The molecule has 3 rings (SSSR count). The Morgan fingerprint density at radius 1 is 1.15 bits per heavy atom. The van der Waals surface area contributed by atoms with Gasteiger partial charge in [0.1, 0.15) is 11.6 Å². The van der Waals surface area contributed by atoms with Crippen molar-refractivity contribution in [1.29, 1.82) is 0 Å². The monoisotopic (exact) mass is 365 g/mol. The SMILES string of the molecule is COc1ccc(C)cc1C(C)Nc1cc(C)nc2nc(C(F)(F)F)nn12. The van der Waals surface area contributed by atoms with Crippen LogP contribution >= 0.6 is 0 Å². The smallest absolute Gasteiger partial charge is 0.453 e. The Bertz CT molecular complexity index is 951. The van der Waals surface area contributed by atoms with Crippen LogP contribution < -0.4 is 10.1 Å². The van der Waals surface area contributed by atoms with Crippen molar-refractivity contribution in [2.75, 3.05) is 12.4 Å². The van der Waals surface area contributed by atoms with Gasteiger partial charge in [0.2, 0.25) is 0 Å². The molecule has 0 bridgehead atoms. The fourth-order valence-corrected chi connectivity index (χ4v) is 2.70. The summed E-state index contributed by atoms with van der Waals surface area (Å²) in [5, 5.41) is 6.74. The molecule has 1 unspecified atom stereocenters. The van der Waals surface area contributed by atoms with Crippen molar-refractivity contribution in [2.24, 2.45) is 0 Å². The molecule has 0 aliphatic heterocycles. The summed E-state index contributed by atoms with van der Waals surface area (Å²) in [6, 6.07) is 7.13. The highest BCUT2D eigenvalue weighted by Gasteiger charge is 2.37. The minimum Gasteiger partial charge on any atom is -0.496 e. The summed E-state index contributed by atoms with van der Waals surface area (Å²) >= 11 is 0. The number of aryl methyl sites for hydroxylation is 2. The molecule has 0 aliphatic rings. The number of ether oxygens (including phenoxy) is 1. The summed E-state index contributed by atoms with van der Waals surface area (Å²) in [6.45, 7) is 5.53. The Morgan fingerprint density at radius 3 is 2.54 bits per heavy atom. The second-order valence-corrected chi connectivity index (χ2v) is 6.04. The van der Waals surface area contributed by atoms with Gasteiger partial charge in [-0.3, -0.25) is 0 Å². The number of benzene rings is 1. The van der Waals surface area contributed by atoms with Gasteiger partial charge in [-0.05, 0) is 26.8 Å². The molecule has 3 aromatic rings. The van der Waals surface area contributed by atoms with Gasteiger partial charge in [0.15, 0.2) is 0 Å². The number of methoxy groups -OCH3 is 1. The van der Waals surface area contributed by atoms with Gasteiger partial charge >= 0.3 is 6.18 Å². The summed E-state index contributed by atoms with van der Waals surface area (Å²) < 4.78 is 45.2. The predicted octanol–water partition coefficient (Wildman–Crippen LogP) is 3.94. The number of rotatable bonds is 4. The van der Waals surface area contributed by atoms with E-state index in [1.807, 2.05) is 32.0 Å². The Labute approximate surface area is 148 Å². The molecule has 0 saturated heterocycles. The molecule has 1 atom stereocenters. The topological polar surface area (TPSA) is 64.3 Å². The number of anilines is 1. The largest absolute Gasteiger partial charge is 0.496 e. The highest BCUT2D eigenvalue weighted by molar-refractivity contribution is 5.49.